The van der Waals surface area contributed by atoms with Crippen LogP contribution in [0.1, 0.15) is 56.1 Å². The molecule has 19 heavy (non-hydrogen) atoms. The van der Waals surface area contributed by atoms with Crippen molar-refractivity contribution in [1.29, 1.82) is 10.5 Å². The Kier molecular flexibility index (Phi) is 4.81. The number of nitriles is 2. The van der Waals surface area contributed by atoms with Crippen molar-refractivity contribution in [2.24, 2.45) is 0 Å². The summed E-state index contributed by atoms with van der Waals surface area (Å²) >= 11 is 0. The number of hydrogen-bond acceptors (Lipinski definition) is 3. The number of benzene rings is 1. The summed E-state index contributed by atoms with van der Waals surface area (Å²) in [7, 11) is 0. The number of nitrogens with zero attached hydrogens (tertiary/aromatic N) is 2. The Labute approximate surface area is 114 Å². The summed E-state index contributed by atoms with van der Waals surface area (Å²) in [6.07, 6.45) is 8.76. The summed E-state index contributed by atoms with van der Waals surface area (Å²) in [5, 5.41) is 17.9. The normalized spacial score (nSPS) is 16.7. The second-order valence-electron chi connectivity index (χ2n) is 5.02. The molecule has 3 heteroatoms. The van der Waals surface area contributed by atoms with Gasteiger partial charge < -0.3 is 4.74 Å². The van der Waals surface area contributed by atoms with Crippen LogP contribution in [0.25, 0.3) is 0 Å². The Morgan fingerprint density at radius 2 is 1.53 bits per heavy atom. The Hall–Kier alpha value is -2.00. The molecule has 1 aromatic carbocycles. The summed E-state index contributed by atoms with van der Waals surface area (Å²) in [5.41, 5.74) is 0.804. The molecule has 3 nitrogen and oxygen atoms in total. The van der Waals surface area contributed by atoms with E-state index in [4.69, 9.17) is 15.3 Å². The van der Waals surface area contributed by atoms with Crippen molar-refractivity contribution in [1.82, 2.24) is 0 Å². The molecule has 1 saturated carbocycles. The van der Waals surface area contributed by atoms with E-state index in [1.807, 2.05) is 12.1 Å². The minimum atomic E-state index is 0.250. The zero-order valence-corrected chi connectivity index (χ0v) is 11.1. The van der Waals surface area contributed by atoms with Gasteiger partial charge in [0, 0.05) is 0 Å². The van der Waals surface area contributed by atoms with Gasteiger partial charge in [0.05, 0.1) is 17.2 Å². The van der Waals surface area contributed by atoms with Crippen LogP contribution in [-0.4, -0.2) is 6.10 Å². The van der Waals surface area contributed by atoms with Crippen molar-refractivity contribution in [2.45, 2.75) is 51.0 Å². The first kappa shape index (κ1) is 13.4. The van der Waals surface area contributed by atoms with Gasteiger partial charge in [0.1, 0.15) is 17.9 Å². The molecule has 0 heterocycles. The lowest BCUT2D eigenvalue weighted by Gasteiger charge is -2.21. The van der Waals surface area contributed by atoms with E-state index in [1.54, 1.807) is 18.2 Å². The van der Waals surface area contributed by atoms with Crippen LogP contribution in [0, 0.1) is 22.7 Å². The molecule has 0 spiro atoms. The summed E-state index contributed by atoms with van der Waals surface area (Å²) in [6.45, 7) is 0. The Morgan fingerprint density at radius 3 is 2.16 bits per heavy atom. The average molecular weight is 254 g/mol. The predicted molar refractivity (Wildman–Crippen MR) is 72.6 cm³/mol. The molecule has 0 radical (unpaired) electrons. The van der Waals surface area contributed by atoms with Gasteiger partial charge >= 0.3 is 0 Å². The molecule has 2 rings (SSSR count). The Bertz CT molecular complexity index is 502. The molecule has 1 fully saturated rings. The number of rotatable bonds is 2. The predicted octanol–water partition coefficient (Wildman–Crippen LogP) is 3.92. The topological polar surface area (TPSA) is 56.8 Å². The highest BCUT2D eigenvalue weighted by Crippen LogP contribution is 2.24. The summed E-state index contributed by atoms with van der Waals surface area (Å²) in [5.74, 6) is 0.709. The van der Waals surface area contributed by atoms with Crippen molar-refractivity contribution in [3.05, 3.63) is 29.3 Å². The van der Waals surface area contributed by atoms with Crippen LogP contribution in [-0.2, 0) is 0 Å². The lowest BCUT2D eigenvalue weighted by molar-refractivity contribution is 0.166. The second-order valence-corrected chi connectivity index (χ2v) is 5.02. The third kappa shape index (κ3) is 3.73. The van der Waals surface area contributed by atoms with E-state index in [-0.39, 0.29) is 6.10 Å². The fourth-order valence-electron chi connectivity index (χ4n) is 2.52. The van der Waals surface area contributed by atoms with Crippen LogP contribution >= 0.6 is 0 Å². The molecule has 0 N–H and O–H groups in total. The van der Waals surface area contributed by atoms with Crippen molar-refractivity contribution in [2.75, 3.05) is 0 Å². The van der Waals surface area contributed by atoms with Gasteiger partial charge in [-0.1, -0.05) is 19.3 Å². The monoisotopic (exact) mass is 254 g/mol. The second kappa shape index (κ2) is 6.81. The zero-order valence-electron chi connectivity index (χ0n) is 11.1. The highest BCUT2D eigenvalue weighted by molar-refractivity contribution is 5.49. The average Bonchev–Trinajstić information content (AvgIpc) is 2.41. The maximum absolute atomic E-state index is 9.01. The quantitative estimate of drug-likeness (QED) is 0.803. The van der Waals surface area contributed by atoms with Crippen molar-refractivity contribution < 1.29 is 4.74 Å². The molecule has 0 atom stereocenters. The molecule has 0 amide bonds. The SMILES string of the molecule is N#Cc1ccc(OC2CCCCCCC2)cc1C#N. The van der Waals surface area contributed by atoms with Crippen LogP contribution in [0.4, 0.5) is 0 Å². The van der Waals surface area contributed by atoms with E-state index >= 15 is 0 Å². The highest BCUT2D eigenvalue weighted by atomic mass is 16.5. The molecule has 1 aromatic rings. The van der Waals surface area contributed by atoms with Crippen molar-refractivity contribution in [3.8, 4) is 17.9 Å². The molecule has 1 aliphatic rings. The minimum absolute atomic E-state index is 0.250. The van der Waals surface area contributed by atoms with Crippen molar-refractivity contribution in [3.63, 3.8) is 0 Å². The first-order chi connectivity index (χ1) is 9.33. The molecule has 0 aliphatic heterocycles. The van der Waals surface area contributed by atoms with E-state index in [0.29, 0.717) is 16.9 Å². The van der Waals surface area contributed by atoms with Gasteiger partial charge in [0.2, 0.25) is 0 Å². The van der Waals surface area contributed by atoms with Crippen LogP contribution in [0.5, 0.6) is 5.75 Å². The lowest BCUT2D eigenvalue weighted by atomic mass is 9.98. The third-order valence-electron chi connectivity index (χ3n) is 3.59. The van der Waals surface area contributed by atoms with Crippen LogP contribution in [0.3, 0.4) is 0 Å². The Balaban J connectivity index is 2.06. The maximum Gasteiger partial charge on any atom is 0.121 e. The fraction of sp³-hybridized carbons (Fsp3) is 0.500. The highest BCUT2D eigenvalue weighted by Gasteiger charge is 2.13. The van der Waals surface area contributed by atoms with E-state index in [0.717, 1.165) is 12.8 Å². The molecule has 0 saturated heterocycles. The first-order valence-corrected chi connectivity index (χ1v) is 6.94. The molecular weight excluding hydrogens is 236 g/mol. The first-order valence-electron chi connectivity index (χ1n) is 6.94. The molecule has 0 bridgehead atoms. The van der Waals surface area contributed by atoms with Gasteiger partial charge in [-0.3, -0.25) is 0 Å². The van der Waals surface area contributed by atoms with E-state index < -0.39 is 0 Å². The number of hydrogen-bond donors (Lipinski definition) is 0. The largest absolute Gasteiger partial charge is 0.490 e. The van der Waals surface area contributed by atoms with Crippen LogP contribution in [0.15, 0.2) is 18.2 Å². The minimum Gasteiger partial charge on any atom is -0.490 e. The fourth-order valence-corrected chi connectivity index (χ4v) is 2.52. The smallest absolute Gasteiger partial charge is 0.121 e. The number of ether oxygens (including phenoxy) is 1. The zero-order chi connectivity index (χ0) is 13.5. The summed E-state index contributed by atoms with van der Waals surface area (Å²) < 4.78 is 5.97. The third-order valence-corrected chi connectivity index (χ3v) is 3.59. The molecule has 0 aromatic heterocycles. The maximum atomic E-state index is 9.01. The van der Waals surface area contributed by atoms with E-state index in [2.05, 4.69) is 0 Å². The van der Waals surface area contributed by atoms with Crippen LogP contribution in [0.2, 0.25) is 0 Å². The summed E-state index contributed by atoms with van der Waals surface area (Å²) in [4.78, 5) is 0. The Morgan fingerprint density at radius 1 is 0.895 bits per heavy atom. The standard InChI is InChI=1S/C16H18N2O/c17-11-13-8-9-16(10-14(13)12-18)19-15-6-4-2-1-3-5-7-15/h8-10,15H,1-7H2. The molecule has 1 aliphatic carbocycles. The molecular formula is C16H18N2O. The molecule has 98 valence electrons. The summed E-state index contributed by atoms with van der Waals surface area (Å²) in [6, 6.07) is 9.19. The van der Waals surface area contributed by atoms with Crippen LogP contribution < -0.4 is 4.74 Å². The van der Waals surface area contributed by atoms with Crippen molar-refractivity contribution >= 4 is 0 Å². The van der Waals surface area contributed by atoms with Gasteiger partial charge in [-0.2, -0.15) is 10.5 Å². The molecule has 0 unspecified atom stereocenters. The van der Waals surface area contributed by atoms with Gasteiger partial charge in [0.15, 0.2) is 0 Å². The lowest BCUT2D eigenvalue weighted by Crippen LogP contribution is -2.17. The van der Waals surface area contributed by atoms with E-state index in [9.17, 15) is 0 Å². The van der Waals surface area contributed by atoms with Gasteiger partial charge in [-0.15, -0.1) is 0 Å². The van der Waals surface area contributed by atoms with Gasteiger partial charge in [0.25, 0.3) is 0 Å². The van der Waals surface area contributed by atoms with E-state index in [1.165, 1.54) is 32.1 Å². The van der Waals surface area contributed by atoms with Gasteiger partial charge in [-0.25, -0.2) is 0 Å². The van der Waals surface area contributed by atoms with Gasteiger partial charge in [-0.05, 0) is 43.9 Å².